The highest BCUT2D eigenvalue weighted by Crippen LogP contribution is 2.47. The van der Waals surface area contributed by atoms with Gasteiger partial charge in [0.1, 0.15) is 5.75 Å². The van der Waals surface area contributed by atoms with Crippen LogP contribution in [0, 0.1) is 0 Å². The summed E-state index contributed by atoms with van der Waals surface area (Å²) in [5.41, 5.74) is 2.19. The van der Waals surface area contributed by atoms with Crippen molar-refractivity contribution in [2.24, 2.45) is 0 Å². The van der Waals surface area contributed by atoms with Gasteiger partial charge in [-0.1, -0.05) is 41.4 Å². The Morgan fingerprint density at radius 3 is 2.55 bits per heavy atom. The number of anilines is 1. The smallest absolute Gasteiger partial charge is 0.236 e. The number of rotatable bonds is 2. The summed E-state index contributed by atoms with van der Waals surface area (Å²) in [5, 5.41) is 3.85. The topological polar surface area (TPSA) is 38.3 Å². The van der Waals surface area contributed by atoms with Crippen LogP contribution in [-0.2, 0) is 4.79 Å². The molecule has 0 bridgehead atoms. The summed E-state index contributed by atoms with van der Waals surface area (Å²) in [5.74, 6) is -0.131. The fourth-order valence-corrected chi connectivity index (χ4v) is 3.00. The molecular weight excluding hydrogens is 297 g/mol. The van der Waals surface area contributed by atoms with E-state index in [1.54, 1.807) is 18.2 Å². The van der Waals surface area contributed by atoms with E-state index in [0.29, 0.717) is 21.5 Å². The summed E-state index contributed by atoms with van der Waals surface area (Å²) in [4.78, 5) is 12.3. The zero-order valence-electron chi connectivity index (χ0n) is 10.6. The van der Waals surface area contributed by atoms with Crippen molar-refractivity contribution in [1.82, 2.24) is 0 Å². The van der Waals surface area contributed by atoms with E-state index >= 15 is 0 Å². The first-order valence-corrected chi connectivity index (χ1v) is 6.80. The Kier molecular flexibility index (Phi) is 3.32. The fourth-order valence-electron chi connectivity index (χ4n) is 2.52. The number of nitrogens with one attached hydrogen (secondary N) is 1. The molecule has 2 aromatic carbocycles. The third-order valence-corrected chi connectivity index (χ3v) is 4.02. The summed E-state index contributed by atoms with van der Waals surface area (Å²) < 4.78 is 5.36. The molecule has 102 valence electrons. The molecule has 2 aromatic rings. The maximum atomic E-state index is 12.3. The Morgan fingerprint density at radius 1 is 1.10 bits per heavy atom. The van der Waals surface area contributed by atoms with Crippen molar-refractivity contribution < 1.29 is 9.53 Å². The van der Waals surface area contributed by atoms with Crippen LogP contribution < -0.4 is 10.1 Å². The number of halogens is 2. The molecular formula is C15H11Cl2NO2. The quantitative estimate of drug-likeness (QED) is 0.907. The third kappa shape index (κ3) is 1.94. The Balaban J connectivity index is 2.24. The number of benzene rings is 2. The number of hydrogen-bond acceptors (Lipinski definition) is 2. The summed E-state index contributed by atoms with van der Waals surface area (Å²) in [6.45, 7) is 0. The fraction of sp³-hybridized carbons (Fsp3) is 0.133. The minimum Gasteiger partial charge on any atom is -0.495 e. The van der Waals surface area contributed by atoms with Gasteiger partial charge >= 0.3 is 0 Å². The summed E-state index contributed by atoms with van der Waals surface area (Å²) in [7, 11) is 1.54. The molecule has 20 heavy (non-hydrogen) atoms. The van der Waals surface area contributed by atoms with E-state index < -0.39 is 5.92 Å². The number of hydrogen-bond donors (Lipinski definition) is 1. The van der Waals surface area contributed by atoms with Gasteiger partial charge in [-0.2, -0.15) is 0 Å². The van der Waals surface area contributed by atoms with Crippen LogP contribution in [-0.4, -0.2) is 13.0 Å². The lowest BCUT2D eigenvalue weighted by Gasteiger charge is -2.15. The van der Waals surface area contributed by atoms with Crippen molar-refractivity contribution in [2.45, 2.75) is 5.92 Å². The van der Waals surface area contributed by atoms with E-state index in [-0.39, 0.29) is 5.91 Å². The molecule has 0 saturated carbocycles. The minimum atomic E-state index is -0.507. The second-order valence-corrected chi connectivity index (χ2v) is 5.30. The molecule has 1 heterocycles. The molecule has 1 N–H and O–H groups in total. The minimum absolute atomic E-state index is 0.131. The molecule has 0 aromatic heterocycles. The van der Waals surface area contributed by atoms with E-state index in [1.165, 1.54) is 7.11 Å². The van der Waals surface area contributed by atoms with Crippen molar-refractivity contribution >= 4 is 34.8 Å². The Labute approximate surface area is 126 Å². The number of methoxy groups -OCH3 is 1. The third-order valence-electron chi connectivity index (χ3n) is 3.38. The lowest BCUT2D eigenvalue weighted by molar-refractivity contribution is -0.116. The molecule has 3 nitrogen and oxygen atoms in total. The molecule has 1 atom stereocenters. The van der Waals surface area contributed by atoms with Crippen LogP contribution in [0.2, 0.25) is 10.0 Å². The molecule has 1 unspecified atom stereocenters. The van der Waals surface area contributed by atoms with Gasteiger partial charge in [0.25, 0.3) is 0 Å². The van der Waals surface area contributed by atoms with Crippen molar-refractivity contribution in [3.05, 3.63) is 57.6 Å². The van der Waals surface area contributed by atoms with E-state index in [0.717, 1.165) is 11.1 Å². The SMILES string of the molecule is COc1c(Cl)ccc2c1C(c1ccccc1Cl)C(=O)N2. The van der Waals surface area contributed by atoms with Crippen LogP contribution in [0.1, 0.15) is 17.0 Å². The van der Waals surface area contributed by atoms with Crippen molar-refractivity contribution in [2.75, 3.05) is 12.4 Å². The van der Waals surface area contributed by atoms with Gasteiger partial charge in [-0.3, -0.25) is 4.79 Å². The van der Waals surface area contributed by atoms with Gasteiger partial charge in [0.05, 0.1) is 18.1 Å². The average molecular weight is 308 g/mol. The van der Waals surface area contributed by atoms with Crippen molar-refractivity contribution in [1.29, 1.82) is 0 Å². The molecule has 1 aliphatic heterocycles. The zero-order chi connectivity index (χ0) is 14.3. The van der Waals surface area contributed by atoms with Gasteiger partial charge in [-0.05, 0) is 23.8 Å². The van der Waals surface area contributed by atoms with E-state index in [9.17, 15) is 4.79 Å². The molecule has 0 aliphatic carbocycles. The maximum absolute atomic E-state index is 12.3. The molecule has 3 rings (SSSR count). The van der Waals surface area contributed by atoms with E-state index in [4.69, 9.17) is 27.9 Å². The predicted octanol–water partition coefficient (Wildman–Crippen LogP) is 4.09. The molecule has 0 saturated heterocycles. The number of carbonyl (C=O) groups is 1. The molecule has 1 aliphatic rings. The Bertz CT molecular complexity index is 700. The lowest BCUT2D eigenvalue weighted by Crippen LogP contribution is -2.13. The van der Waals surface area contributed by atoms with Gasteiger partial charge in [-0.25, -0.2) is 0 Å². The largest absolute Gasteiger partial charge is 0.495 e. The van der Waals surface area contributed by atoms with Crippen molar-refractivity contribution in [3.8, 4) is 5.75 Å². The van der Waals surface area contributed by atoms with Crippen LogP contribution in [0.4, 0.5) is 5.69 Å². The van der Waals surface area contributed by atoms with Gasteiger partial charge in [-0.15, -0.1) is 0 Å². The number of ether oxygens (including phenoxy) is 1. The average Bonchev–Trinajstić information content (AvgIpc) is 2.76. The van der Waals surface area contributed by atoms with Crippen LogP contribution in [0.25, 0.3) is 0 Å². The Morgan fingerprint density at radius 2 is 1.85 bits per heavy atom. The first kappa shape index (κ1) is 13.3. The normalized spacial score (nSPS) is 16.8. The zero-order valence-corrected chi connectivity index (χ0v) is 12.1. The Hall–Kier alpha value is -1.71. The molecule has 0 spiro atoms. The summed E-state index contributed by atoms with van der Waals surface area (Å²) in [6, 6.07) is 10.8. The van der Waals surface area contributed by atoms with E-state index in [2.05, 4.69) is 5.32 Å². The highest BCUT2D eigenvalue weighted by molar-refractivity contribution is 6.33. The first-order valence-electron chi connectivity index (χ1n) is 6.05. The second-order valence-electron chi connectivity index (χ2n) is 4.49. The highest BCUT2D eigenvalue weighted by atomic mass is 35.5. The number of amides is 1. The first-order chi connectivity index (χ1) is 9.63. The predicted molar refractivity (Wildman–Crippen MR) is 79.9 cm³/mol. The van der Waals surface area contributed by atoms with Gasteiger partial charge in [0, 0.05) is 16.3 Å². The van der Waals surface area contributed by atoms with Crippen LogP contribution in [0.3, 0.4) is 0 Å². The molecule has 0 fully saturated rings. The molecule has 1 amide bonds. The summed E-state index contributed by atoms with van der Waals surface area (Å²) >= 11 is 12.4. The maximum Gasteiger partial charge on any atom is 0.236 e. The standard InChI is InChI=1S/C15H11Cl2NO2/c1-20-14-10(17)6-7-11-13(14)12(15(19)18-11)8-4-2-3-5-9(8)16/h2-7,12H,1H3,(H,18,19). The van der Waals surface area contributed by atoms with Gasteiger partial charge < -0.3 is 10.1 Å². The van der Waals surface area contributed by atoms with Crippen LogP contribution in [0.15, 0.2) is 36.4 Å². The molecule has 0 radical (unpaired) electrons. The number of fused-ring (bicyclic) bond motifs is 1. The van der Waals surface area contributed by atoms with Crippen LogP contribution >= 0.6 is 23.2 Å². The van der Waals surface area contributed by atoms with Gasteiger partial charge in [0.15, 0.2) is 0 Å². The molecule has 5 heteroatoms. The monoisotopic (exact) mass is 307 g/mol. The summed E-state index contributed by atoms with van der Waals surface area (Å²) in [6.07, 6.45) is 0. The second kappa shape index (κ2) is 5.00. The van der Waals surface area contributed by atoms with Crippen molar-refractivity contribution in [3.63, 3.8) is 0 Å². The van der Waals surface area contributed by atoms with E-state index in [1.807, 2.05) is 18.2 Å². The number of carbonyl (C=O) groups excluding carboxylic acids is 1. The van der Waals surface area contributed by atoms with Gasteiger partial charge in [0.2, 0.25) is 5.91 Å². The lowest BCUT2D eigenvalue weighted by atomic mass is 9.92. The highest BCUT2D eigenvalue weighted by Gasteiger charge is 2.36. The van der Waals surface area contributed by atoms with Crippen LogP contribution in [0.5, 0.6) is 5.75 Å².